The van der Waals surface area contributed by atoms with Crippen molar-refractivity contribution in [2.75, 3.05) is 13.6 Å². The third-order valence-corrected chi connectivity index (χ3v) is 3.81. The zero-order chi connectivity index (χ0) is 12.5. The Kier molecular flexibility index (Phi) is 2.92. The van der Waals surface area contributed by atoms with Gasteiger partial charge in [-0.25, -0.2) is 0 Å². The highest BCUT2D eigenvalue weighted by atomic mass is 15.1. The van der Waals surface area contributed by atoms with E-state index in [0.717, 1.165) is 13.1 Å². The summed E-state index contributed by atoms with van der Waals surface area (Å²) >= 11 is 0. The molecule has 0 saturated carbocycles. The van der Waals surface area contributed by atoms with Gasteiger partial charge in [0.2, 0.25) is 0 Å². The lowest BCUT2D eigenvalue weighted by atomic mass is 9.84. The minimum Gasteiger partial charge on any atom is -0.301 e. The fourth-order valence-corrected chi connectivity index (χ4v) is 2.92. The first kappa shape index (κ1) is 11.5. The van der Waals surface area contributed by atoms with Crippen LogP contribution in [0.1, 0.15) is 28.2 Å². The molecular weight excluding hydrogens is 218 g/mol. The van der Waals surface area contributed by atoms with Gasteiger partial charge in [-0.2, -0.15) is 0 Å². The Hall–Kier alpha value is -1.60. The summed E-state index contributed by atoms with van der Waals surface area (Å²) < 4.78 is 0. The van der Waals surface area contributed by atoms with Crippen LogP contribution in [-0.4, -0.2) is 18.5 Å². The molecule has 0 aromatic heterocycles. The Bertz CT molecular complexity index is 545. The maximum atomic E-state index is 2.41. The molecule has 0 unspecified atom stereocenters. The van der Waals surface area contributed by atoms with Gasteiger partial charge < -0.3 is 4.90 Å². The van der Waals surface area contributed by atoms with Gasteiger partial charge in [-0.05, 0) is 30.7 Å². The quantitative estimate of drug-likeness (QED) is 0.733. The maximum absolute atomic E-state index is 2.41. The zero-order valence-electron chi connectivity index (χ0n) is 11.1. The number of hydrogen-bond acceptors (Lipinski definition) is 1. The van der Waals surface area contributed by atoms with Gasteiger partial charge in [0, 0.05) is 19.0 Å². The van der Waals surface area contributed by atoms with Crippen molar-refractivity contribution in [1.82, 2.24) is 4.90 Å². The third-order valence-electron chi connectivity index (χ3n) is 3.81. The Morgan fingerprint density at radius 2 is 1.83 bits per heavy atom. The number of aryl methyl sites for hydroxylation is 1. The molecule has 92 valence electrons. The molecule has 2 aromatic carbocycles. The van der Waals surface area contributed by atoms with E-state index in [1.807, 2.05) is 0 Å². The van der Waals surface area contributed by atoms with Crippen molar-refractivity contribution in [3.05, 3.63) is 70.8 Å². The summed E-state index contributed by atoms with van der Waals surface area (Å²) in [4.78, 5) is 2.41. The van der Waals surface area contributed by atoms with Crippen LogP contribution in [0.2, 0.25) is 0 Å². The monoisotopic (exact) mass is 237 g/mol. The van der Waals surface area contributed by atoms with Crippen molar-refractivity contribution in [2.24, 2.45) is 0 Å². The smallest absolute Gasteiger partial charge is 0.0234 e. The molecule has 0 spiro atoms. The second-order valence-electron chi connectivity index (χ2n) is 5.36. The van der Waals surface area contributed by atoms with Crippen molar-refractivity contribution < 1.29 is 0 Å². The molecule has 0 bridgehead atoms. The Balaban J connectivity index is 2.09. The van der Waals surface area contributed by atoms with Gasteiger partial charge >= 0.3 is 0 Å². The SMILES string of the molecule is Cc1ccc2c(c1)[C@@H](c1ccccc1)CN(C)C2. The Morgan fingerprint density at radius 3 is 2.61 bits per heavy atom. The molecule has 0 amide bonds. The number of hydrogen-bond donors (Lipinski definition) is 0. The van der Waals surface area contributed by atoms with Crippen molar-refractivity contribution in [3.8, 4) is 0 Å². The van der Waals surface area contributed by atoms with Crippen LogP contribution >= 0.6 is 0 Å². The lowest BCUT2D eigenvalue weighted by Gasteiger charge is -2.33. The zero-order valence-corrected chi connectivity index (χ0v) is 11.1. The van der Waals surface area contributed by atoms with E-state index in [4.69, 9.17) is 0 Å². The highest BCUT2D eigenvalue weighted by Crippen LogP contribution is 2.33. The highest BCUT2D eigenvalue weighted by Gasteiger charge is 2.24. The fourth-order valence-electron chi connectivity index (χ4n) is 2.92. The van der Waals surface area contributed by atoms with E-state index in [0.29, 0.717) is 5.92 Å². The lowest BCUT2D eigenvalue weighted by Crippen LogP contribution is -2.31. The van der Waals surface area contributed by atoms with Crippen LogP contribution in [0.15, 0.2) is 48.5 Å². The number of nitrogens with zero attached hydrogens (tertiary/aromatic N) is 1. The minimum atomic E-state index is 0.514. The van der Waals surface area contributed by atoms with Crippen LogP contribution < -0.4 is 0 Å². The van der Waals surface area contributed by atoms with Crippen LogP contribution in [0, 0.1) is 6.92 Å². The maximum Gasteiger partial charge on any atom is 0.0234 e. The number of benzene rings is 2. The van der Waals surface area contributed by atoms with E-state index in [1.54, 1.807) is 0 Å². The number of fused-ring (bicyclic) bond motifs is 1. The van der Waals surface area contributed by atoms with Crippen molar-refractivity contribution in [3.63, 3.8) is 0 Å². The number of rotatable bonds is 1. The Morgan fingerprint density at radius 1 is 1.06 bits per heavy atom. The first-order valence-electron chi connectivity index (χ1n) is 6.57. The standard InChI is InChI=1S/C17H19N/c1-13-8-9-15-11-18(2)12-17(16(15)10-13)14-6-4-3-5-7-14/h3-10,17H,11-12H2,1-2H3/t17-/m1/s1. The first-order valence-corrected chi connectivity index (χ1v) is 6.57. The predicted octanol–water partition coefficient (Wildman–Crippen LogP) is 3.57. The molecular formula is C17H19N. The molecule has 3 rings (SSSR count). The molecule has 0 radical (unpaired) electrons. The summed E-state index contributed by atoms with van der Waals surface area (Å²) in [7, 11) is 2.21. The van der Waals surface area contributed by atoms with Crippen LogP contribution in [0.25, 0.3) is 0 Å². The molecule has 0 fully saturated rings. The lowest BCUT2D eigenvalue weighted by molar-refractivity contribution is 0.295. The Labute approximate surface area is 109 Å². The molecule has 0 aliphatic carbocycles. The van der Waals surface area contributed by atoms with E-state index in [1.165, 1.54) is 22.3 Å². The highest BCUT2D eigenvalue weighted by molar-refractivity contribution is 5.42. The largest absolute Gasteiger partial charge is 0.301 e. The second-order valence-corrected chi connectivity index (χ2v) is 5.36. The summed E-state index contributed by atoms with van der Waals surface area (Å²) in [6.45, 7) is 4.36. The predicted molar refractivity (Wildman–Crippen MR) is 75.8 cm³/mol. The number of likely N-dealkylation sites (N-methyl/N-ethyl adjacent to an activating group) is 1. The van der Waals surface area contributed by atoms with Gasteiger partial charge in [-0.3, -0.25) is 0 Å². The van der Waals surface area contributed by atoms with Gasteiger partial charge in [0.15, 0.2) is 0 Å². The average molecular weight is 237 g/mol. The van der Waals surface area contributed by atoms with E-state index in [2.05, 4.69) is 67.4 Å². The van der Waals surface area contributed by atoms with Gasteiger partial charge in [-0.15, -0.1) is 0 Å². The van der Waals surface area contributed by atoms with Crippen molar-refractivity contribution in [2.45, 2.75) is 19.4 Å². The molecule has 2 aromatic rings. The van der Waals surface area contributed by atoms with E-state index < -0.39 is 0 Å². The van der Waals surface area contributed by atoms with E-state index >= 15 is 0 Å². The average Bonchev–Trinajstić information content (AvgIpc) is 2.39. The first-order chi connectivity index (χ1) is 8.74. The third kappa shape index (κ3) is 2.06. The van der Waals surface area contributed by atoms with Crippen LogP contribution in [0.4, 0.5) is 0 Å². The molecule has 1 atom stereocenters. The summed E-state index contributed by atoms with van der Waals surface area (Å²) in [5.74, 6) is 0.514. The molecule has 0 saturated heterocycles. The van der Waals surface area contributed by atoms with Crippen molar-refractivity contribution in [1.29, 1.82) is 0 Å². The van der Waals surface area contributed by atoms with Gasteiger partial charge in [-0.1, -0.05) is 54.1 Å². The molecule has 18 heavy (non-hydrogen) atoms. The molecule has 1 nitrogen and oxygen atoms in total. The summed E-state index contributed by atoms with van der Waals surface area (Å²) in [6, 6.07) is 17.7. The molecule has 1 heterocycles. The molecule has 1 aliphatic rings. The molecule has 1 aliphatic heterocycles. The van der Waals surface area contributed by atoms with E-state index in [-0.39, 0.29) is 0 Å². The topological polar surface area (TPSA) is 3.24 Å². The van der Waals surface area contributed by atoms with Crippen LogP contribution in [0.5, 0.6) is 0 Å². The summed E-state index contributed by atoms with van der Waals surface area (Å²) in [6.07, 6.45) is 0. The van der Waals surface area contributed by atoms with Crippen LogP contribution in [-0.2, 0) is 6.54 Å². The molecule has 1 heteroatoms. The van der Waals surface area contributed by atoms with Gasteiger partial charge in [0.1, 0.15) is 0 Å². The van der Waals surface area contributed by atoms with Crippen LogP contribution in [0.3, 0.4) is 0 Å². The molecule has 0 N–H and O–H groups in total. The van der Waals surface area contributed by atoms with E-state index in [9.17, 15) is 0 Å². The summed E-state index contributed by atoms with van der Waals surface area (Å²) in [5.41, 5.74) is 5.78. The van der Waals surface area contributed by atoms with Gasteiger partial charge in [0.25, 0.3) is 0 Å². The normalized spacial score (nSPS) is 19.6. The van der Waals surface area contributed by atoms with Gasteiger partial charge in [0.05, 0.1) is 0 Å². The fraction of sp³-hybridized carbons (Fsp3) is 0.294. The van der Waals surface area contributed by atoms with Crippen molar-refractivity contribution >= 4 is 0 Å². The summed E-state index contributed by atoms with van der Waals surface area (Å²) in [5, 5.41) is 0. The second kappa shape index (κ2) is 4.58. The minimum absolute atomic E-state index is 0.514.